The molecule has 0 aromatic heterocycles. The molecule has 1 N–H and O–H groups in total. The first kappa shape index (κ1) is 14.1. The minimum atomic E-state index is -0.482. The van der Waals surface area contributed by atoms with Crippen molar-refractivity contribution in [2.75, 3.05) is 39.5 Å². The molecule has 1 rings (SSSR count). The van der Waals surface area contributed by atoms with Gasteiger partial charge in [-0.15, -0.1) is 0 Å². The molecule has 1 unspecified atom stereocenters. The number of nitrogens with zero attached hydrogens (tertiary/aromatic N) is 1. The number of hydrogen-bond acceptors (Lipinski definition) is 6. The number of carbonyl (C=O) groups is 2. The lowest BCUT2D eigenvalue weighted by Gasteiger charge is -2.31. The summed E-state index contributed by atoms with van der Waals surface area (Å²) in [4.78, 5) is 24.5. The van der Waals surface area contributed by atoms with Gasteiger partial charge in [-0.25, -0.2) is 0 Å². The van der Waals surface area contributed by atoms with Crippen molar-refractivity contribution < 1.29 is 24.2 Å². The molecule has 0 radical (unpaired) electrons. The van der Waals surface area contributed by atoms with E-state index in [4.69, 9.17) is 14.6 Å². The first-order chi connectivity index (χ1) is 8.15. The van der Waals surface area contributed by atoms with Crippen molar-refractivity contribution in [1.82, 2.24) is 4.90 Å². The Morgan fingerprint density at radius 2 is 2.29 bits per heavy atom. The normalized spacial score (nSPS) is 21.2. The zero-order chi connectivity index (χ0) is 12.7. The lowest BCUT2D eigenvalue weighted by atomic mass is 10.2. The largest absolute Gasteiger partial charge is 0.466 e. The average Bonchev–Trinajstić information content (AvgIpc) is 2.29. The molecule has 6 heteroatoms. The van der Waals surface area contributed by atoms with Gasteiger partial charge in [0.2, 0.25) is 0 Å². The van der Waals surface area contributed by atoms with Crippen LogP contribution in [0.15, 0.2) is 0 Å². The Bertz CT molecular complexity index is 269. The Morgan fingerprint density at radius 1 is 1.53 bits per heavy atom. The number of ether oxygens (including phenoxy) is 2. The lowest BCUT2D eigenvalue weighted by molar-refractivity contribution is -0.146. The summed E-state index contributed by atoms with van der Waals surface area (Å²) in [6.07, 6.45) is -0.422. The molecule has 0 saturated carbocycles. The van der Waals surface area contributed by atoms with Crippen molar-refractivity contribution in [3.05, 3.63) is 0 Å². The number of carbonyl (C=O) groups excluding carboxylic acids is 2. The van der Waals surface area contributed by atoms with E-state index in [9.17, 15) is 9.59 Å². The van der Waals surface area contributed by atoms with Gasteiger partial charge in [0.15, 0.2) is 5.78 Å². The molecule has 1 aliphatic heterocycles. The smallest absolute Gasteiger partial charge is 0.313 e. The number of Topliss-reactive ketones (excluding diaryl/α,β-unsaturated/α-hetero) is 1. The first-order valence-electron chi connectivity index (χ1n) is 5.77. The van der Waals surface area contributed by atoms with Gasteiger partial charge in [-0.2, -0.15) is 0 Å². The van der Waals surface area contributed by atoms with Crippen LogP contribution in [0.1, 0.15) is 13.3 Å². The van der Waals surface area contributed by atoms with Gasteiger partial charge in [-0.3, -0.25) is 14.5 Å². The minimum absolute atomic E-state index is 0.0530. The van der Waals surface area contributed by atoms with Gasteiger partial charge in [0.1, 0.15) is 6.42 Å². The number of aliphatic hydroxyl groups excluding tert-OH is 1. The summed E-state index contributed by atoms with van der Waals surface area (Å²) < 4.78 is 9.96. The van der Waals surface area contributed by atoms with Gasteiger partial charge in [0, 0.05) is 13.1 Å². The standard InChI is InChI=1S/C11H19NO5/c1-2-16-11(15)5-9(14)6-12-3-4-17-10(7-12)8-13/h10,13H,2-8H2,1H3. The fourth-order valence-electron chi connectivity index (χ4n) is 1.71. The summed E-state index contributed by atoms with van der Waals surface area (Å²) in [6.45, 7) is 3.81. The fourth-order valence-corrected chi connectivity index (χ4v) is 1.71. The predicted octanol–water partition coefficient (Wildman–Crippen LogP) is -0.798. The highest BCUT2D eigenvalue weighted by Gasteiger charge is 2.22. The summed E-state index contributed by atoms with van der Waals surface area (Å²) >= 11 is 0. The molecule has 0 spiro atoms. The highest BCUT2D eigenvalue weighted by molar-refractivity contribution is 5.96. The summed E-state index contributed by atoms with van der Waals surface area (Å²) in [7, 11) is 0. The maximum absolute atomic E-state index is 11.5. The molecule has 1 saturated heterocycles. The highest BCUT2D eigenvalue weighted by Crippen LogP contribution is 2.05. The van der Waals surface area contributed by atoms with E-state index < -0.39 is 5.97 Å². The highest BCUT2D eigenvalue weighted by atomic mass is 16.5. The van der Waals surface area contributed by atoms with Crippen LogP contribution in [0.2, 0.25) is 0 Å². The second-order valence-electron chi connectivity index (χ2n) is 3.93. The lowest BCUT2D eigenvalue weighted by Crippen LogP contribution is -2.46. The number of morpholine rings is 1. The van der Waals surface area contributed by atoms with Crippen molar-refractivity contribution in [2.24, 2.45) is 0 Å². The van der Waals surface area contributed by atoms with Gasteiger partial charge in [-0.05, 0) is 6.92 Å². The van der Waals surface area contributed by atoms with Crippen LogP contribution in [0.4, 0.5) is 0 Å². The summed E-state index contributed by atoms with van der Waals surface area (Å²) in [6, 6.07) is 0. The maximum atomic E-state index is 11.5. The number of rotatable bonds is 6. The molecule has 0 aliphatic carbocycles. The van der Waals surface area contributed by atoms with Crippen LogP contribution >= 0.6 is 0 Å². The van der Waals surface area contributed by atoms with Gasteiger partial charge < -0.3 is 14.6 Å². The predicted molar refractivity (Wildman–Crippen MR) is 59.5 cm³/mol. The zero-order valence-corrected chi connectivity index (χ0v) is 10.1. The monoisotopic (exact) mass is 245 g/mol. The molecule has 0 aromatic rings. The Balaban J connectivity index is 2.28. The fraction of sp³-hybridized carbons (Fsp3) is 0.818. The molecule has 1 aliphatic rings. The second kappa shape index (κ2) is 7.37. The second-order valence-corrected chi connectivity index (χ2v) is 3.93. The summed E-state index contributed by atoms with van der Waals surface area (Å²) in [5.41, 5.74) is 0. The van der Waals surface area contributed by atoms with E-state index in [0.717, 1.165) is 0 Å². The topological polar surface area (TPSA) is 76.1 Å². The molecule has 6 nitrogen and oxygen atoms in total. The van der Waals surface area contributed by atoms with E-state index in [-0.39, 0.29) is 38.1 Å². The molecule has 98 valence electrons. The zero-order valence-electron chi connectivity index (χ0n) is 10.1. The van der Waals surface area contributed by atoms with Gasteiger partial charge in [-0.1, -0.05) is 0 Å². The van der Waals surface area contributed by atoms with E-state index in [2.05, 4.69) is 0 Å². The van der Waals surface area contributed by atoms with Crippen LogP contribution in [-0.4, -0.2) is 67.3 Å². The molecule has 0 aromatic carbocycles. The molecule has 0 bridgehead atoms. The van der Waals surface area contributed by atoms with E-state index >= 15 is 0 Å². The Kier molecular flexibility index (Phi) is 6.10. The Morgan fingerprint density at radius 3 is 2.94 bits per heavy atom. The van der Waals surface area contributed by atoms with Crippen LogP contribution in [0, 0.1) is 0 Å². The van der Waals surface area contributed by atoms with Crippen molar-refractivity contribution in [3.8, 4) is 0 Å². The third-order valence-electron chi connectivity index (χ3n) is 2.47. The third kappa shape index (κ3) is 5.25. The minimum Gasteiger partial charge on any atom is -0.466 e. The third-order valence-corrected chi connectivity index (χ3v) is 2.47. The quantitative estimate of drug-likeness (QED) is 0.488. The van der Waals surface area contributed by atoms with Gasteiger partial charge >= 0.3 is 5.97 Å². The molecule has 0 amide bonds. The first-order valence-corrected chi connectivity index (χ1v) is 5.77. The number of ketones is 1. The number of hydrogen-bond donors (Lipinski definition) is 1. The van der Waals surface area contributed by atoms with Crippen LogP contribution < -0.4 is 0 Å². The van der Waals surface area contributed by atoms with Crippen LogP contribution in [0.25, 0.3) is 0 Å². The van der Waals surface area contributed by atoms with Crippen molar-refractivity contribution in [2.45, 2.75) is 19.4 Å². The molecule has 1 fully saturated rings. The molecular formula is C11H19NO5. The van der Waals surface area contributed by atoms with E-state index in [1.807, 2.05) is 4.90 Å². The van der Waals surface area contributed by atoms with Gasteiger partial charge in [0.05, 0.1) is 32.5 Å². The van der Waals surface area contributed by atoms with E-state index in [1.54, 1.807) is 6.92 Å². The van der Waals surface area contributed by atoms with E-state index in [1.165, 1.54) is 0 Å². The van der Waals surface area contributed by atoms with Crippen LogP contribution in [0.5, 0.6) is 0 Å². The van der Waals surface area contributed by atoms with Crippen molar-refractivity contribution in [3.63, 3.8) is 0 Å². The van der Waals surface area contributed by atoms with Gasteiger partial charge in [0.25, 0.3) is 0 Å². The van der Waals surface area contributed by atoms with Crippen LogP contribution in [-0.2, 0) is 19.1 Å². The molecular weight excluding hydrogens is 226 g/mol. The summed E-state index contributed by atoms with van der Waals surface area (Å²) in [5.74, 6) is -0.647. The number of esters is 1. The van der Waals surface area contributed by atoms with E-state index in [0.29, 0.717) is 19.7 Å². The van der Waals surface area contributed by atoms with Crippen LogP contribution in [0.3, 0.4) is 0 Å². The number of aliphatic hydroxyl groups is 1. The Hall–Kier alpha value is -0.980. The average molecular weight is 245 g/mol. The SMILES string of the molecule is CCOC(=O)CC(=O)CN1CCOC(CO)C1. The van der Waals surface area contributed by atoms with Crippen molar-refractivity contribution in [1.29, 1.82) is 0 Å². The molecule has 17 heavy (non-hydrogen) atoms. The Labute approximate surface area is 100 Å². The molecule has 1 atom stereocenters. The van der Waals surface area contributed by atoms with Crippen molar-refractivity contribution >= 4 is 11.8 Å². The molecule has 1 heterocycles. The summed E-state index contributed by atoms with van der Waals surface area (Å²) in [5, 5.41) is 8.95. The maximum Gasteiger partial charge on any atom is 0.313 e.